The van der Waals surface area contributed by atoms with Crippen molar-refractivity contribution in [3.63, 3.8) is 0 Å². The number of halogens is 1. The van der Waals surface area contributed by atoms with Gasteiger partial charge in [-0.05, 0) is 44.0 Å². The van der Waals surface area contributed by atoms with Crippen LogP contribution in [0.1, 0.15) is 12.8 Å². The van der Waals surface area contributed by atoms with Gasteiger partial charge in [0, 0.05) is 12.6 Å². The standard InChI is InChI=1S/C15H18FN3O/c16-13-4-1-5-14(7-13)20-15-9-18-19(11-15)10-12-3-2-6-17-8-12/h1,4-5,7,9,11-12,17H,2-3,6,8,10H2. The molecule has 1 aliphatic heterocycles. The van der Waals surface area contributed by atoms with Crippen LogP contribution < -0.4 is 10.1 Å². The summed E-state index contributed by atoms with van der Waals surface area (Å²) in [6, 6.07) is 6.11. The number of piperidine rings is 1. The molecule has 5 heteroatoms. The van der Waals surface area contributed by atoms with E-state index >= 15 is 0 Å². The third-order valence-electron chi connectivity index (χ3n) is 3.49. The van der Waals surface area contributed by atoms with Gasteiger partial charge >= 0.3 is 0 Å². The second-order valence-corrected chi connectivity index (χ2v) is 5.17. The van der Waals surface area contributed by atoms with Crippen molar-refractivity contribution in [1.29, 1.82) is 0 Å². The molecule has 1 atom stereocenters. The molecule has 20 heavy (non-hydrogen) atoms. The Bertz CT molecular complexity index is 564. The van der Waals surface area contributed by atoms with Gasteiger partial charge in [-0.15, -0.1) is 0 Å². The van der Waals surface area contributed by atoms with E-state index in [9.17, 15) is 4.39 Å². The first-order valence-electron chi connectivity index (χ1n) is 6.96. The molecule has 0 bridgehead atoms. The number of aromatic nitrogens is 2. The first-order chi connectivity index (χ1) is 9.79. The lowest BCUT2D eigenvalue weighted by molar-refractivity contribution is 0.325. The molecule has 0 radical (unpaired) electrons. The summed E-state index contributed by atoms with van der Waals surface area (Å²) in [6.07, 6.45) is 5.98. The molecule has 1 saturated heterocycles. The Labute approximate surface area is 117 Å². The van der Waals surface area contributed by atoms with E-state index in [2.05, 4.69) is 10.4 Å². The van der Waals surface area contributed by atoms with Crippen LogP contribution >= 0.6 is 0 Å². The molecule has 1 aliphatic rings. The highest BCUT2D eigenvalue weighted by molar-refractivity contribution is 5.28. The third kappa shape index (κ3) is 3.36. The number of hydrogen-bond donors (Lipinski definition) is 1. The van der Waals surface area contributed by atoms with Crippen LogP contribution in [0.4, 0.5) is 4.39 Å². The molecule has 0 amide bonds. The van der Waals surface area contributed by atoms with Crippen LogP contribution in [0.2, 0.25) is 0 Å². The number of nitrogens with zero attached hydrogens (tertiary/aromatic N) is 2. The molecule has 0 aliphatic carbocycles. The highest BCUT2D eigenvalue weighted by Gasteiger charge is 2.14. The van der Waals surface area contributed by atoms with Gasteiger partial charge in [-0.2, -0.15) is 5.10 Å². The zero-order valence-electron chi connectivity index (χ0n) is 11.3. The normalized spacial score (nSPS) is 18.9. The average molecular weight is 275 g/mol. The smallest absolute Gasteiger partial charge is 0.165 e. The predicted octanol–water partition coefficient (Wildman–Crippen LogP) is 2.81. The van der Waals surface area contributed by atoms with Crippen LogP contribution in [-0.4, -0.2) is 22.9 Å². The maximum atomic E-state index is 13.1. The Kier molecular flexibility index (Phi) is 3.97. The van der Waals surface area contributed by atoms with E-state index < -0.39 is 0 Å². The van der Waals surface area contributed by atoms with Crippen molar-refractivity contribution >= 4 is 0 Å². The lowest BCUT2D eigenvalue weighted by Gasteiger charge is -2.22. The van der Waals surface area contributed by atoms with E-state index in [0.29, 0.717) is 17.4 Å². The summed E-state index contributed by atoms with van der Waals surface area (Å²) in [5, 5.41) is 7.69. The maximum absolute atomic E-state index is 13.1. The first-order valence-corrected chi connectivity index (χ1v) is 6.96. The van der Waals surface area contributed by atoms with Crippen molar-refractivity contribution in [3.8, 4) is 11.5 Å². The zero-order valence-corrected chi connectivity index (χ0v) is 11.3. The SMILES string of the molecule is Fc1cccc(Oc2cnn(CC3CCCNC3)c2)c1. The number of hydrogen-bond acceptors (Lipinski definition) is 3. The molecule has 2 heterocycles. The van der Waals surface area contributed by atoms with Crippen molar-refractivity contribution in [2.24, 2.45) is 5.92 Å². The Hall–Kier alpha value is -1.88. The van der Waals surface area contributed by atoms with E-state index in [0.717, 1.165) is 19.6 Å². The summed E-state index contributed by atoms with van der Waals surface area (Å²) >= 11 is 0. The van der Waals surface area contributed by atoms with Crippen LogP contribution in [0.25, 0.3) is 0 Å². The minimum absolute atomic E-state index is 0.303. The number of ether oxygens (including phenoxy) is 1. The lowest BCUT2D eigenvalue weighted by atomic mass is 10.00. The van der Waals surface area contributed by atoms with Gasteiger partial charge in [-0.25, -0.2) is 4.39 Å². The Balaban J connectivity index is 1.61. The second-order valence-electron chi connectivity index (χ2n) is 5.17. The first kappa shape index (κ1) is 13.1. The molecular formula is C15H18FN3O. The predicted molar refractivity (Wildman–Crippen MR) is 74.3 cm³/mol. The number of benzene rings is 1. The highest BCUT2D eigenvalue weighted by Crippen LogP contribution is 2.22. The topological polar surface area (TPSA) is 39.1 Å². The second kappa shape index (κ2) is 6.05. The van der Waals surface area contributed by atoms with E-state index in [1.165, 1.54) is 25.0 Å². The molecule has 0 saturated carbocycles. The summed E-state index contributed by atoms with van der Waals surface area (Å²) in [5.41, 5.74) is 0. The Morgan fingerprint density at radius 3 is 3.15 bits per heavy atom. The Morgan fingerprint density at radius 2 is 2.35 bits per heavy atom. The van der Waals surface area contributed by atoms with Crippen molar-refractivity contribution in [2.75, 3.05) is 13.1 Å². The van der Waals surface area contributed by atoms with Crippen molar-refractivity contribution in [1.82, 2.24) is 15.1 Å². The van der Waals surface area contributed by atoms with Gasteiger partial charge in [0.15, 0.2) is 5.75 Å². The molecular weight excluding hydrogens is 257 g/mol. The van der Waals surface area contributed by atoms with Crippen LogP contribution in [0.15, 0.2) is 36.7 Å². The third-order valence-corrected chi connectivity index (χ3v) is 3.49. The van der Waals surface area contributed by atoms with Gasteiger partial charge in [-0.1, -0.05) is 6.07 Å². The summed E-state index contributed by atoms with van der Waals surface area (Å²) < 4.78 is 20.6. The monoisotopic (exact) mass is 275 g/mol. The fraction of sp³-hybridized carbons (Fsp3) is 0.400. The average Bonchev–Trinajstić information content (AvgIpc) is 2.87. The van der Waals surface area contributed by atoms with E-state index in [1.807, 2.05) is 10.9 Å². The number of rotatable bonds is 4. The number of nitrogens with one attached hydrogen (secondary N) is 1. The lowest BCUT2D eigenvalue weighted by Crippen LogP contribution is -2.32. The van der Waals surface area contributed by atoms with Gasteiger partial charge < -0.3 is 10.1 Å². The van der Waals surface area contributed by atoms with E-state index in [1.54, 1.807) is 18.3 Å². The quantitative estimate of drug-likeness (QED) is 0.932. The van der Waals surface area contributed by atoms with Crippen LogP contribution in [0.5, 0.6) is 11.5 Å². The van der Waals surface area contributed by atoms with Gasteiger partial charge in [0.1, 0.15) is 11.6 Å². The minimum Gasteiger partial charge on any atom is -0.454 e. The van der Waals surface area contributed by atoms with Crippen LogP contribution in [-0.2, 0) is 6.54 Å². The molecule has 1 aromatic carbocycles. The summed E-state index contributed by atoms with van der Waals surface area (Å²) in [6.45, 7) is 3.04. The molecule has 1 aromatic heterocycles. The van der Waals surface area contributed by atoms with Crippen molar-refractivity contribution < 1.29 is 9.13 Å². The molecule has 4 nitrogen and oxygen atoms in total. The molecule has 1 unspecified atom stereocenters. The molecule has 1 fully saturated rings. The van der Waals surface area contributed by atoms with Gasteiger partial charge in [0.25, 0.3) is 0 Å². The molecule has 3 rings (SSSR count). The fourth-order valence-electron chi connectivity index (χ4n) is 2.51. The highest BCUT2D eigenvalue weighted by atomic mass is 19.1. The molecule has 1 N–H and O–H groups in total. The summed E-state index contributed by atoms with van der Waals surface area (Å²) in [4.78, 5) is 0. The van der Waals surface area contributed by atoms with Crippen LogP contribution in [0, 0.1) is 11.7 Å². The molecule has 0 spiro atoms. The van der Waals surface area contributed by atoms with Gasteiger partial charge in [-0.3, -0.25) is 4.68 Å². The van der Waals surface area contributed by atoms with Gasteiger partial charge in [0.2, 0.25) is 0 Å². The zero-order chi connectivity index (χ0) is 13.8. The van der Waals surface area contributed by atoms with E-state index in [-0.39, 0.29) is 5.82 Å². The van der Waals surface area contributed by atoms with E-state index in [4.69, 9.17) is 4.74 Å². The largest absolute Gasteiger partial charge is 0.454 e. The maximum Gasteiger partial charge on any atom is 0.165 e. The van der Waals surface area contributed by atoms with Crippen LogP contribution in [0.3, 0.4) is 0 Å². The van der Waals surface area contributed by atoms with Gasteiger partial charge in [0.05, 0.1) is 12.4 Å². The summed E-state index contributed by atoms with van der Waals surface area (Å²) in [5.74, 6) is 1.44. The van der Waals surface area contributed by atoms with Crippen molar-refractivity contribution in [2.45, 2.75) is 19.4 Å². The molecule has 2 aromatic rings. The Morgan fingerprint density at radius 1 is 1.40 bits per heavy atom. The molecule has 106 valence electrons. The minimum atomic E-state index is -0.303. The fourth-order valence-corrected chi connectivity index (χ4v) is 2.51. The summed E-state index contributed by atoms with van der Waals surface area (Å²) in [7, 11) is 0. The van der Waals surface area contributed by atoms with Crippen molar-refractivity contribution in [3.05, 3.63) is 42.5 Å².